The number of likely N-dealkylation sites (tertiary alicyclic amines) is 1. The number of hydrogen-bond acceptors (Lipinski definition) is 3. The van der Waals surface area contributed by atoms with Gasteiger partial charge in [0.15, 0.2) is 0 Å². The average Bonchev–Trinajstić information content (AvgIpc) is 2.54. The van der Waals surface area contributed by atoms with E-state index in [-0.39, 0.29) is 12.1 Å². The van der Waals surface area contributed by atoms with Gasteiger partial charge in [0.1, 0.15) is 5.60 Å². The SMILES string of the molecule is CCC(NC)C1CCCCCN1C(=O)OC(C)(C)C. The lowest BCUT2D eigenvalue weighted by Gasteiger charge is -2.36. The molecule has 1 aliphatic rings. The zero-order valence-electron chi connectivity index (χ0n) is 13.2. The van der Waals surface area contributed by atoms with E-state index in [0.717, 1.165) is 25.8 Å². The fraction of sp³-hybridized carbons (Fsp3) is 0.933. The van der Waals surface area contributed by atoms with Crippen LogP contribution in [0.15, 0.2) is 0 Å². The van der Waals surface area contributed by atoms with Crippen LogP contribution in [0.4, 0.5) is 4.79 Å². The van der Waals surface area contributed by atoms with E-state index in [4.69, 9.17) is 4.74 Å². The van der Waals surface area contributed by atoms with Crippen molar-refractivity contribution in [3.05, 3.63) is 0 Å². The van der Waals surface area contributed by atoms with Gasteiger partial charge in [0.05, 0.1) is 6.04 Å². The molecule has 0 bridgehead atoms. The second kappa shape index (κ2) is 7.13. The van der Waals surface area contributed by atoms with E-state index in [9.17, 15) is 4.79 Å². The highest BCUT2D eigenvalue weighted by atomic mass is 16.6. The quantitative estimate of drug-likeness (QED) is 0.856. The molecule has 112 valence electrons. The van der Waals surface area contributed by atoms with Crippen molar-refractivity contribution >= 4 is 6.09 Å². The lowest BCUT2D eigenvalue weighted by atomic mass is 10.00. The molecule has 0 saturated carbocycles. The van der Waals surface area contributed by atoms with Crippen LogP contribution in [0.3, 0.4) is 0 Å². The topological polar surface area (TPSA) is 41.6 Å². The Bertz CT molecular complexity index is 282. The van der Waals surface area contributed by atoms with Crippen LogP contribution in [-0.4, -0.2) is 42.3 Å². The molecule has 1 rings (SSSR count). The summed E-state index contributed by atoms with van der Waals surface area (Å²) in [6.45, 7) is 8.75. The summed E-state index contributed by atoms with van der Waals surface area (Å²) in [6.07, 6.45) is 5.42. The van der Waals surface area contributed by atoms with Gasteiger partial charge < -0.3 is 15.0 Å². The minimum absolute atomic E-state index is 0.159. The summed E-state index contributed by atoms with van der Waals surface area (Å²) in [5.41, 5.74) is -0.421. The van der Waals surface area contributed by atoms with E-state index in [2.05, 4.69) is 12.2 Å². The molecular weight excluding hydrogens is 240 g/mol. The molecule has 1 saturated heterocycles. The molecule has 4 heteroatoms. The summed E-state index contributed by atoms with van der Waals surface area (Å²) in [4.78, 5) is 14.3. The maximum Gasteiger partial charge on any atom is 0.410 e. The monoisotopic (exact) mass is 270 g/mol. The molecule has 1 heterocycles. The van der Waals surface area contributed by atoms with Crippen molar-refractivity contribution in [3.8, 4) is 0 Å². The molecule has 0 radical (unpaired) electrons. The van der Waals surface area contributed by atoms with Gasteiger partial charge in [-0.3, -0.25) is 0 Å². The Morgan fingerprint density at radius 3 is 2.58 bits per heavy atom. The van der Waals surface area contributed by atoms with Crippen LogP contribution in [0.2, 0.25) is 0 Å². The van der Waals surface area contributed by atoms with E-state index in [1.165, 1.54) is 12.8 Å². The van der Waals surface area contributed by atoms with Gasteiger partial charge in [-0.1, -0.05) is 19.8 Å². The fourth-order valence-corrected chi connectivity index (χ4v) is 2.77. The molecule has 0 aliphatic carbocycles. The maximum atomic E-state index is 12.4. The molecule has 2 atom stereocenters. The minimum Gasteiger partial charge on any atom is -0.444 e. The number of likely N-dealkylation sites (N-methyl/N-ethyl adjacent to an activating group) is 1. The lowest BCUT2D eigenvalue weighted by molar-refractivity contribution is 0.0127. The highest BCUT2D eigenvalue weighted by molar-refractivity contribution is 5.68. The van der Waals surface area contributed by atoms with Crippen LogP contribution in [-0.2, 0) is 4.74 Å². The van der Waals surface area contributed by atoms with Crippen LogP contribution in [0, 0.1) is 0 Å². The smallest absolute Gasteiger partial charge is 0.410 e. The first-order valence-corrected chi connectivity index (χ1v) is 7.56. The molecule has 0 aromatic rings. The average molecular weight is 270 g/mol. The van der Waals surface area contributed by atoms with Crippen molar-refractivity contribution in [2.45, 2.75) is 77.5 Å². The highest BCUT2D eigenvalue weighted by Crippen LogP contribution is 2.23. The molecule has 1 fully saturated rings. The van der Waals surface area contributed by atoms with Gasteiger partial charge in [0.25, 0.3) is 0 Å². The summed E-state index contributed by atoms with van der Waals surface area (Å²) >= 11 is 0. The zero-order chi connectivity index (χ0) is 14.5. The van der Waals surface area contributed by atoms with Crippen molar-refractivity contribution < 1.29 is 9.53 Å². The largest absolute Gasteiger partial charge is 0.444 e. The van der Waals surface area contributed by atoms with Gasteiger partial charge in [-0.15, -0.1) is 0 Å². The van der Waals surface area contributed by atoms with Crippen LogP contribution < -0.4 is 5.32 Å². The van der Waals surface area contributed by atoms with Gasteiger partial charge in [0.2, 0.25) is 0 Å². The van der Waals surface area contributed by atoms with Crippen molar-refractivity contribution in [3.63, 3.8) is 0 Å². The highest BCUT2D eigenvalue weighted by Gasteiger charge is 2.32. The van der Waals surface area contributed by atoms with Crippen LogP contribution in [0.1, 0.15) is 59.8 Å². The number of carbonyl (C=O) groups excluding carboxylic acids is 1. The van der Waals surface area contributed by atoms with E-state index >= 15 is 0 Å². The van der Waals surface area contributed by atoms with Crippen LogP contribution >= 0.6 is 0 Å². The van der Waals surface area contributed by atoms with E-state index in [1.807, 2.05) is 32.7 Å². The third-order valence-corrected chi connectivity index (χ3v) is 3.70. The molecular formula is C15H30N2O2. The number of carbonyl (C=O) groups is 1. The summed E-state index contributed by atoms with van der Waals surface area (Å²) in [7, 11) is 1.98. The fourth-order valence-electron chi connectivity index (χ4n) is 2.77. The number of hydrogen-bond donors (Lipinski definition) is 1. The first-order valence-electron chi connectivity index (χ1n) is 7.56. The van der Waals surface area contributed by atoms with E-state index in [0.29, 0.717) is 6.04 Å². The molecule has 19 heavy (non-hydrogen) atoms. The molecule has 0 aromatic heterocycles. The van der Waals surface area contributed by atoms with E-state index in [1.54, 1.807) is 0 Å². The molecule has 2 unspecified atom stereocenters. The number of rotatable bonds is 3. The molecule has 0 spiro atoms. The van der Waals surface area contributed by atoms with Crippen molar-refractivity contribution in [2.75, 3.05) is 13.6 Å². The van der Waals surface area contributed by atoms with Gasteiger partial charge in [0, 0.05) is 12.6 Å². The normalized spacial score (nSPS) is 22.8. The van der Waals surface area contributed by atoms with Crippen molar-refractivity contribution in [1.82, 2.24) is 10.2 Å². The second-order valence-electron chi connectivity index (χ2n) is 6.39. The zero-order valence-corrected chi connectivity index (χ0v) is 13.2. The number of nitrogens with zero attached hydrogens (tertiary/aromatic N) is 1. The number of ether oxygens (including phenoxy) is 1. The Morgan fingerprint density at radius 2 is 2.05 bits per heavy atom. The summed E-state index contributed by atoms with van der Waals surface area (Å²) in [5.74, 6) is 0. The third kappa shape index (κ3) is 5.01. The Kier molecular flexibility index (Phi) is 6.11. The molecule has 1 N–H and O–H groups in total. The van der Waals surface area contributed by atoms with Gasteiger partial charge in [-0.05, 0) is 47.1 Å². The Morgan fingerprint density at radius 1 is 1.37 bits per heavy atom. The lowest BCUT2D eigenvalue weighted by Crippen LogP contribution is -2.52. The van der Waals surface area contributed by atoms with Gasteiger partial charge >= 0.3 is 6.09 Å². The first-order chi connectivity index (χ1) is 8.89. The third-order valence-electron chi connectivity index (χ3n) is 3.70. The first kappa shape index (κ1) is 16.3. The van der Waals surface area contributed by atoms with E-state index < -0.39 is 5.60 Å². The Hall–Kier alpha value is -0.770. The molecule has 1 aliphatic heterocycles. The van der Waals surface area contributed by atoms with Crippen LogP contribution in [0.25, 0.3) is 0 Å². The summed E-state index contributed by atoms with van der Waals surface area (Å²) in [6, 6.07) is 0.609. The molecule has 4 nitrogen and oxygen atoms in total. The minimum atomic E-state index is -0.421. The maximum absolute atomic E-state index is 12.4. The van der Waals surface area contributed by atoms with Gasteiger partial charge in [-0.25, -0.2) is 4.79 Å². The van der Waals surface area contributed by atoms with Gasteiger partial charge in [-0.2, -0.15) is 0 Å². The van der Waals surface area contributed by atoms with Crippen molar-refractivity contribution in [2.24, 2.45) is 0 Å². The number of amides is 1. The number of nitrogens with one attached hydrogen (secondary N) is 1. The summed E-state index contributed by atoms with van der Waals surface area (Å²) < 4.78 is 5.56. The Balaban J connectivity index is 2.81. The van der Waals surface area contributed by atoms with Crippen molar-refractivity contribution in [1.29, 1.82) is 0 Å². The molecule has 1 amide bonds. The molecule has 0 aromatic carbocycles. The second-order valence-corrected chi connectivity index (χ2v) is 6.39. The predicted molar refractivity (Wildman–Crippen MR) is 78.3 cm³/mol. The standard InChI is InChI=1S/C15H30N2O2/c1-6-12(16-5)13-10-8-7-9-11-17(13)14(18)19-15(2,3)4/h12-13,16H,6-11H2,1-5H3. The summed E-state index contributed by atoms with van der Waals surface area (Å²) in [5, 5.41) is 3.35. The predicted octanol–water partition coefficient (Wildman–Crippen LogP) is 3.16. The Labute approximate surface area is 117 Å². The van der Waals surface area contributed by atoms with Crippen LogP contribution in [0.5, 0.6) is 0 Å².